The highest BCUT2D eigenvalue weighted by Crippen LogP contribution is 2.19. The third-order valence-electron chi connectivity index (χ3n) is 3.54. The van der Waals surface area contributed by atoms with Gasteiger partial charge >= 0.3 is 0 Å². The summed E-state index contributed by atoms with van der Waals surface area (Å²) in [4.78, 5) is 2.12. The molecule has 0 aliphatic carbocycles. The SMILES string of the molecule is C/C(N=NC(=S)N1CCCCC1C)=C1\C=CC=CN1O. The van der Waals surface area contributed by atoms with Crippen molar-refractivity contribution in [1.82, 2.24) is 9.96 Å². The Kier molecular flexibility index (Phi) is 5.03. The minimum absolute atomic E-state index is 0.426. The van der Waals surface area contributed by atoms with Gasteiger partial charge in [-0.1, -0.05) is 6.08 Å². The Balaban J connectivity index is 2.05. The number of nitrogens with zero attached hydrogens (tertiary/aromatic N) is 4. The van der Waals surface area contributed by atoms with Gasteiger partial charge in [0.1, 0.15) is 0 Å². The quantitative estimate of drug-likeness (QED) is 0.592. The first-order chi connectivity index (χ1) is 9.59. The van der Waals surface area contributed by atoms with Crippen LogP contribution in [0.1, 0.15) is 33.1 Å². The first kappa shape index (κ1) is 14.9. The second-order valence-corrected chi connectivity index (χ2v) is 5.40. The van der Waals surface area contributed by atoms with Crippen molar-refractivity contribution in [2.45, 2.75) is 39.2 Å². The number of rotatable bonds is 1. The van der Waals surface area contributed by atoms with Crippen molar-refractivity contribution in [1.29, 1.82) is 0 Å². The summed E-state index contributed by atoms with van der Waals surface area (Å²) in [5.41, 5.74) is 1.23. The van der Waals surface area contributed by atoms with E-state index in [1.165, 1.54) is 6.42 Å². The number of hydroxylamine groups is 2. The Hall–Kier alpha value is -1.53. The van der Waals surface area contributed by atoms with Crippen molar-refractivity contribution < 1.29 is 5.21 Å². The molecule has 2 aliphatic heterocycles. The second-order valence-electron chi connectivity index (χ2n) is 5.04. The predicted molar refractivity (Wildman–Crippen MR) is 82.1 cm³/mol. The largest absolute Gasteiger partial charge is 0.343 e. The van der Waals surface area contributed by atoms with Gasteiger partial charge in [0.15, 0.2) is 0 Å². The monoisotopic (exact) mass is 292 g/mol. The van der Waals surface area contributed by atoms with Crippen LogP contribution >= 0.6 is 12.2 Å². The van der Waals surface area contributed by atoms with E-state index in [-0.39, 0.29) is 0 Å². The normalized spacial score (nSPS) is 25.4. The molecule has 2 aliphatic rings. The fourth-order valence-electron chi connectivity index (χ4n) is 2.33. The molecule has 1 unspecified atom stereocenters. The van der Waals surface area contributed by atoms with Crippen LogP contribution in [0.4, 0.5) is 0 Å². The maximum absolute atomic E-state index is 9.69. The van der Waals surface area contributed by atoms with Gasteiger partial charge in [-0.2, -0.15) is 5.11 Å². The average molecular weight is 292 g/mol. The molecule has 0 amide bonds. The lowest BCUT2D eigenvalue weighted by atomic mass is 10.0. The molecular formula is C14H20N4OS. The van der Waals surface area contributed by atoms with Crippen LogP contribution in [0, 0.1) is 0 Å². The summed E-state index contributed by atoms with van der Waals surface area (Å²) in [7, 11) is 0. The van der Waals surface area contributed by atoms with E-state index < -0.39 is 0 Å². The molecule has 2 rings (SSSR count). The van der Waals surface area contributed by atoms with Gasteiger partial charge in [-0.25, -0.2) is 5.06 Å². The van der Waals surface area contributed by atoms with Crippen LogP contribution in [0.2, 0.25) is 0 Å². The van der Waals surface area contributed by atoms with Crippen LogP contribution in [0.5, 0.6) is 0 Å². The van der Waals surface area contributed by atoms with E-state index in [9.17, 15) is 5.21 Å². The van der Waals surface area contributed by atoms with E-state index in [4.69, 9.17) is 12.2 Å². The topological polar surface area (TPSA) is 51.4 Å². The van der Waals surface area contributed by atoms with Crippen molar-refractivity contribution in [3.63, 3.8) is 0 Å². The molecule has 108 valence electrons. The zero-order valence-electron chi connectivity index (χ0n) is 11.9. The van der Waals surface area contributed by atoms with Crippen LogP contribution in [-0.2, 0) is 0 Å². The van der Waals surface area contributed by atoms with E-state index in [1.54, 1.807) is 25.3 Å². The van der Waals surface area contributed by atoms with Crippen molar-refractivity contribution in [2.75, 3.05) is 6.54 Å². The Morgan fingerprint density at radius 2 is 2.15 bits per heavy atom. The summed E-state index contributed by atoms with van der Waals surface area (Å²) in [5.74, 6) is 0. The maximum Gasteiger partial charge on any atom is 0.216 e. The summed E-state index contributed by atoms with van der Waals surface area (Å²) >= 11 is 5.34. The summed E-state index contributed by atoms with van der Waals surface area (Å²) in [6, 6.07) is 0.426. The lowest BCUT2D eigenvalue weighted by Crippen LogP contribution is -2.40. The highest BCUT2D eigenvalue weighted by Gasteiger charge is 2.20. The molecule has 0 saturated carbocycles. The molecule has 0 aromatic rings. The Morgan fingerprint density at radius 3 is 2.85 bits per heavy atom. The third-order valence-corrected chi connectivity index (χ3v) is 3.86. The number of allylic oxidation sites excluding steroid dienone is 4. The molecule has 1 fully saturated rings. The molecule has 20 heavy (non-hydrogen) atoms. The smallest absolute Gasteiger partial charge is 0.216 e. The lowest BCUT2D eigenvalue weighted by molar-refractivity contribution is -0.00149. The molecule has 5 nitrogen and oxygen atoms in total. The van der Waals surface area contributed by atoms with Gasteiger partial charge in [-0.3, -0.25) is 5.21 Å². The predicted octanol–water partition coefficient (Wildman–Crippen LogP) is 3.60. The zero-order chi connectivity index (χ0) is 14.5. The van der Waals surface area contributed by atoms with Gasteiger partial charge in [0.05, 0.1) is 11.4 Å². The van der Waals surface area contributed by atoms with Gasteiger partial charge in [0.25, 0.3) is 0 Å². The minimum Gasteiger partial charge on any atom is -0.343 e. The number of hydrogen-bond donors (Lipinski definition) is 1. The Morgan fingerprint density at radius 1 is 1.35 bits per heavy atom. The van der Waals surface area contributed by atoms with Crippen LogP contribution < -0.4 is 0 Å². The maximum atomic E-state index is 9.69. The molecule has 1 N–H and O–H groups in total. The van der Waals surface area contributed by atoms with E-state index in [0.717, 1.165) is 24.4 Å². The number of likely N-dealkylation sites (tertiary alicyclic amines) is 1. The minimum atomic E-state index is 0.426. The van der Waals surface area contributed by atoms with E-state index in [2.05, 4.69) is 22.1 Å². The van der Waals surface area contributed by atoms with Gasteiger partial charge < -0.3 is 4.90 Å². The molecule has 0 aromatic heterocycles. The first-order valence-electron chi connectivity index (χ1n) is 6.86. The molecule has 0 bridgehead atoms. The van der Waals surface area contributed by atoms with Crippen molar-refractivity contribution in [2.24, 2.45) is 10.2 Å². The highest BCUT2D eigenvalue weighted by atomic mass is 32.1. The molecule has 0 radical (unpaired) electrons. The van der Waals surface area contributed by atoms with Crippen molar-refractivity contribution >= 4 is 17.3 Å². The van der Waals surface area contributed by atoms with E-state index >= 15 is 0 Å². The summed E-state index contributed by atoms with van der Waals surface area (Å²) < 4.78 is 0. The number of azo groups is 1. The number of hydrogen-bond acceptors (Lipinski definition) is 4. The lowest BCUT2D eigenvalue weighted by Gasteiger charge is -2.33. The molecule has 2 heterocycles. The number of piperidine rings is 1. The van der Waals surface area contributed by atoms with Gasteiger partial charge in [0, 0.05) is 18.8 Å². The Bertz CT molecular complexity index is 495. The molecule has 0 aromatic carbocycles. The fraction of sp³-hybridized carbons (Fsp3) is 0.500. The van der Waals surface area contributed by atoms with Crippen LogP contribution in [0.25, 0.3) is 0 Å². The molecule has 1 atom stereocenters. The number of thiocarbonyl (C=S) groups is 1. The van der Waals surface area contributed by atoms with Crippen LogP contribution in [0.15, 0.2) is 46.1 Å². The first-order valence-corrected chi connectivity index (χ1v) is 7.26. The molecule has 1 saturated heterocycles. The average Bonchev–Trinajstić information content (AvgIpc) is 2.45. The molecule has 6 heteroatoms. The molecule has 0 spiro atoms. The van der Waals surface area contributed by atoms with Gasteiger partial charge in [0.2, 0.25) is 5.11 Å². The summed E-state index contributed by atoms with van der Waals surface area (Å²) in [6.45, 7) is 4.91. The van der Waals surface area contributed by atoms with Gasteiger partial charge in [-0.15, -0.1) is 5.11 Å². The van der Waals surface area contributed by atoms with Crippen molar-refractivity contribution in [3.8, 4) is 0 Å². The fourth-order valence-corrected chi connectivity index (χ4v) is 2.64. The van der Waals surface area contributed by atoms with E-state index in [1.807, 2.05) is 6.08 Å². The standard InChI is InChI=1S/C14H20N4OS/c1-11-7-3-5-9-17(11)14(20)16-15-12(2)13-8-4-6-10-18(13)19/h4,6,8,10-11,19H,3,5,7,9H2,1-2H3/b13-12-,16-15?. The van der Waals surface area contributed by atoms with Crippen LogP contribution in [0.3, 0.4) is 0 Å². The summed E-state index contributed by atoms with van der Waals surface area (Å²) in [5, 5.41) is 19.5. The summed E-state index contributed by atoms with van der Waals surface area (Å²) in [6.07, 6.45) is 10.5. The third kappa shape index (κ3) is 3.52. The Labute approximate surface area is 124 Å². The van der Waals surface area contributed by atoms with Gasteiger partial charge in [-0.05, 0) is 57.5 Å². The van der Waals surface area contributed by atoms with Crippen LogP contribution in [-0.4, -0.2) is 32.9 Å². The zero-order valence-corrected chi connectivity index (χ0v) is 12.7. The highest BCUT2D eigenvalue weighted by molar-refractivity contribution is 7.80. The second kappa shape index (κ2) is 6.76. The molecular weight excluding hydrogens is 272 g/mol. The van der Waals surface area contributed by atoms with E-state index in [0.29, 0.717) is 22.5 Å². The van der Waals surface area contributed by atoms with Crippen molar-refractivity contribution in [3.05, 3.63) is 35.8 Å².